The van der Waals surface area contributed by atoms with Crippen LogP contribution >= 0.6 is 0 Å². The van der Waals surface area contributed by atoms with Gasteiger partial charge in [0.2, 0.25) is 0 Å². The van der Waals surface area contributed by atoms with Crippen molar-refractivity contribution in [2.75, 3.05) is 0 Å². The minimum atomic E-state index is -0.404. The monoisotopic (exact) mass is 228 g/mol. The van der Waals surface area contributed by atoms with Crippen LogP contribution in [0.3, 0.4) is 0 Å². The number of halogens is 1. The van der Waals surface area contributed by atoms with Gasteiger partial charge in [0.25, 0.3) is 0 Å². The molecule has 3 rings (SSSR count). The lowest BCUT2D eigenvalue weighted by atomic mass is 10.2. The standard InChI is InChI=1S/C13H9FN2O/c14-8-5-6-12(17)9(7-8)13-15-10-3-1-2-4-11(10)16-13/h1-7,17H,(H,15,16). The molecule has 0 aliphatic heterocycles. The zero-order chi connectivity index (χ0) is 11.8. The number of para-hydroxylation sites is 2. The van der Waals surface area contributed by atoms with E-state index in [0.29, 0.717) is 11.4 Å². The third-order valence-corrected chi connectivity index (χ3v) is 2.60. The van der Waals surface area contributed by atoms with E-state index in [-0.39, 0.29) is 5.75 Å². The average Bonchev–Trinajstić information content (AvgIpc) is 2.75. The van der Waals surface area contributed by atoms with Gasteiger partial charge in [0.15, 0.2) is 0 Å². The molecule has 2 aromatic carbocycles. The summed E-state index contributed by atoms with van der Waals surface area (Å²) in [5.74, 6) is 0.0620. The third-order valence-electron chi connectivity index (χ3n) is 2.60. The van der Waals surface area contributed by atoms with E-state index in [0.717, 1.165) is 11.0 Å². The fourth-order valence-corrected chi connectivity index (χ4v) is 1.78. The number of phenols is 1. The van der Waals surface area contributed by atoms with Gasteiger partial charge in [-0.1, -0.05) is 12.1 Å². The molecule has 0 amide bonds. The highest BCUT2D eigenvalue weighted by Crippen LogP contribution is 2.28. The second-order valence-corrected chi connectivity index (χ2v) is 3.76. The van der Waals surface area contributed by atoms with E-state index in [1.165, 1.54) is 18.2 Å². The Labute approximate surface area is 96.6 Å². The van der Waals surface area contributed by atoms with E-state index >= 15 is 0 Å². The van der Waals surface area contributed by atoms with Crippen LogP contribution in [0.15, 0.2) is 42.5 Å². The molecule has 0 saturated carbocycles. The molecule has 0 spiro atoms. The van der Waals surface area contributed by atoms with Crippen molar-refractivity contribution in [1.29, 1.82) is 0 Å². The summed E-state index contributed by atoms with van der Waals surface area (Å²) in [6.07, 6.45) is 0. The number of rotatable bonds is 1. The van der Waals surface area contributed by atoms with Crippen LogP contribution in [0.5, 0.6) is 5.75 Å². The number of imidazole rings is 1. The number of hydrogen-bond acceptors (Lipinski definition) is 2. The van der Waals surface area contributed by atoms with Crippen molar-refractivity contribution in [2.24, 2.45) is 0 Å². The molecule has 4 heteroatoms. The number of benzene rings is 2. The van der Waals surface area contributed by atoms with Crippen LogP contribution in [0, 0.1) is 5.82 Å². The highest BCUT2D eigenvalue weighted by molar-refractivity contribution is 5.80. The molecule has 0 unspecified atom stereocenters. The lowest BCUT2D eigenvalue weighted by Gasteiger charge is -2.00. The molecule has 17 heavy (non-hydrogen) atoms. The van der Waals surface area contributed by atoms with E-state index < -0.39 is 5.82 Å². The van der Waals surface area contributed by atoms with Crippen molar-refractivity contribution in [3.05, 3.63) is 48.3 Å². The molecule has 1 aromatic heterocycles. The minimum Gasteiger partial charge on any atom is -0.507 e. The Balaban J connectivity index is 2.23. The van der Waals surface area contributed by atoms with Crippen LogP contribution in [0.1, 0.15) is 0 Å². The van der Waals surface area contributed by atoms with E-state index in [2.05, 4.69) is 9.97 Å². The first kappa shape index (κ1) is 9.84. The summed E-state index contributed by atoms with van der Waals surface area (Å²) in [7, 11) is 0. The lowest BCUT2D eigenvalue weighted by Crippen LogP contribution is -1.83. The number of nitrogens with one attached hydrogen (secondary N) is 1. The molecule has 0 saturated heterocycles. The first-order valence-corrected chi connectivity index (χ1v) is 5.18. The highest BCUT2D eigenvalue weighted by atomic mass is 19.1. The third kappa shape index (κ3) is 1.63. The SMILES string of the molecule is Oc1ccc(F)cc1-c1nc2ccccc2[nH]1. The number of aromatic nitrogens is 2. The molecule has 0 radical (unpaired) electrons. The summed E-state index contributed by atoms with van der Waals surface area (Å²) < 4.78 is 13.1. The molecule has 0 bridgehead atoms. The van der Waals surface area contributed by atoms with Crippen LogP contribution in [-0.4, -0.2) is 15.1 Å². The first-order chi connectivity index (χ1) is 8.24. The van der Waals surface area contributed by atoms with Crippen LogP contribution in [0.25, 0.3) is 22.4 Å². The number of nitrogens with zero attached hydrogens (tertiary/aromatic N) is 1. The van der Waals surface area contributed by atoms with Gasteiger partial charge in [0, 0.05) is 0 Å². The van der Waals surface area contributed by atoms with Gasteiger partial charge >= 0.3 is 0 Å². The van der Waals surface area contributed by atoms with Crippen molar-refractivity contribution in [2.45, 2.75) is 0 Å². The second kappa shape index (κ2) is 3.59. The Kier molecular flexibility index (Phi) is 2.08. The second-order valence-electron chi connectivity index (χ2n) is 3.76. The Morgan fingerprint density at radius 3 is 2.76 bits per heavy atom. The fourth-order valence-electron chi connectivity index (χ4n) is 1.78. The summed E-state index contributed by atoms with van der Waals surface area (Å²) in [5, 5.41) is 9.69. The molecular weight excluding hydrogens is 219 g/mol. The van der Waals surface area contributed by atoms with Crippen LogP contribution in [-0.2, 0) is 0 Å². The normalized spacial score (nSPS) is 10.9. The lowest BCUT2D eigenvalue weighted by molar-refractivity contribution is 0.475. The number of phenolic OH excluding ortho intramolecular Hbond substituents is 1. The summed E-state index contributed by atoms with van der Waals surface area (Å²) in [6, 6.07) is 11.3. The van der Waals surface area contributed by atoms with Crippen molar-refractivity contribution in [3.8, 4) is 17.1 Å². The van der Waals surface area contributed by atoms with Gasteiger partial charge in [-0.15, -0.1) is 0 Å². The van der Waals surface area contributed by atoms with Gasteiger partial charge in [-0.25, -0.2) is 9.37 Å². The minimum absolute atomic E-state index is 0.00505. The molecule has 1 heterocycles. The summed E-state index contributed by atoms with van der Waals surface area (Å²) in [6.45, 7) is 0. The molecular formula is C13H9FN2O. The fraction of sp³-hybridized carbons (Fsp3) is 0. The van der Waals surface area contributed by atoms with E-state index in [4.69, 9.17) is 0 Å². The Morgan fingerprint density at radius 1 is 1.12 bits per heavy atom. The molecule has 3 aromatic rings. The Hall–Kier alpha value is -2.36. The predicted molar refractivity (Wildman–Crippen MR) is 63.2 cm³/mol. The number of aromatic hydroxyl groups is 1. The van der Waals surface area contributed by atoms with Crippen molar-refractivity contribution in [1.82, 2.24) is 9.97 Å². The predicted octanol–water partition coefficient (Wildman–Crippen LogP) is 3.07. The largest absolute Gasteiger partial charge is 0.507 e. The maximum absolute atomic E-state index is 13.1. The van der Waals surface area contributed by atoms with Crippen LogP contribution in [0.2, 0.25) is 0 Å². The van der Waals surface area contributed by atoms with Gasteiger partial charge in [-0.05, 0) is 30.3 Å². The summed E-state index contributed by atoms with van der Waals surface area (Å²) in [5.41, 5.74) is 2.00. The quantitative estimate of drug-likeness (QED) is 0.672. The number of H-pyrrole nitrogens is 1. The molecule has 2 N–H and O–H groups in total. The van der Waals surface area contributed by atoms with Gasteiger partial charge in [-0.2, -0.15) is 0 Å². The smallest absolute Gasteiger partial charge is 0.142 e. The van der Waals surface area contributed by atoms with E-state index in [9.17, 15) is 9.50 Å². The number of hydrogen-bond donors (Lipinski definition) is 2. The van der Waals surface area contributed by atoms with Gasteiger partial charge < -0.3 is 10.1 Å². The van der Waals surface area contributed by atoms with Crippen molar-refractivity contribution >= 4 is 11.0 Å². The average molecular weight is 228 g/mol. The topological polar surface area (TPSA) is 48.9 Å². The van der Waals surface area contributed by atoms with E-state index in [1.807, 2.05) is 24.3 Å². The molecule has 0 atom stereocenters. The Morgan fingerprint density at radius 2 is 1.94 bits per heavy atom. The summed E-state index contributed by atoms with van der Waals surface area (Å²) >= 11 is 0. The van der Waals surface area contributed by atoms with E-state index in [1.54, 1.807) is 0 Å². The maximum Gasteiger partial charge on any atom is 0.142 e. The number of fused-ring (bicyclic) bond motifs is 1. The van der Waals surface area contributed by atoms with Gasteiger partial charge in [-0.3, -0.25) is 0 Å². The first-order valence-electron chi connectivity index (χ1n) is 5.18. The molecule has 84 valence electrons. The number of aromatic amines is 1. The van der Waals surface area contributed by atoms with Gasteiger partial charge in [0.1, 0.15) is 17.4 Å². The van der Waals surface area contributed by atoms with Crippen molar-refractivity contribution in [3.63, 3.8) is 0 Å². The maximum atomic E-state index is 13.1. The van der Waals surface area contributed by atoms with Gasteiger partial charge in [0.05, 0.1) is 16.6 Å². The molecule has 3 nitrogen and oxygen atoms in total. The molecule has 0 fully saturated rings. The zero-order valence-electron chi connectivity index (χ0n) is 8.81. The zero-order valence-corrected chi connectivity index (χ0v) is 8.81. The molecule has 0 aliphatic rings. The van der Waals surface area contributed by atoms with Crippen LogP contribution in [0.4, 0.5) is 4.39 Å². The van der Waals surface area contributed by atoms with Crippen LogP contribution < -0.4 is 0 Å². The Bertz CT molecular complexity index is 658. The summed E-state index contributed by atoms with van der Waals surface area (Å²) in [4.78, 5) is 7.34. The molecule has 0 aliphatic carbocycles. The van der Waals surface area contributed by atoms with Crippen molar-refractivity contribution < 1.29 is 9.50 Å². The highest BCUT2D eigenvalue weighted by Gasteiger charge is 2.10.